The second kappa shape index (κ2) is 17.4. The fraction of sp³-hybridized carbons (Fsp3) is 0.415. The first kappa shape index (κ1) is 38.2. The summed E-state index contributed by atoms with van der Waals surface area (Å²) in [4.78, 5) is 0.512. The number of rotatable bonds is 17. The normalized spacial score (nSPS) is 13.2. The van der Waals surface area contributed by atoms with E-state index in [1.54, 1.807) is 25.3 Å². The first-order valence-corrected chi connectivity index (χ1v) is 20.4. The Morgan fingerprint density at radius 1 is 0.646 bits per heavy atom. The maximum absolute atomic E-state index is 14.5. The summed E-state index contributed by atoms with van der Waals surface area (Å²) < 4.78 is 40.7. The molecule has 7 heteroatoms. The van der Waals surface area contributed by atoms with E-state index < -0.39 is 9.84 Å². The quantitative estimate of drug-likeness (QED) is 0.0789. The Balaban J connectivity index is 1.67. The topological polar surface area (TPSA) is 52.6 Å². The second-order valence-electron chi connectivity index (χ2n) is 13.2. The van der Waals surface area contributed by atoms with Crippen molar-refractivity contribution in [1.29, 1.82) is 0 Å². The second-order valence-corrected chi connectivity index (χ2v) is 17.2. The molecule has 0 aromatic heterocycles. The molecule has 0 saturated carbocycles. The number of sulfone groups is 1. The van der Waals surface area contributed by atoms with Crippen molar-refractivity contribution in [3.05, 3.63) is 113 Å². The predicted octanol–water partition coefficient (Wildman–Crippen LogP) is 13.0. The molecule has 0 spiro atoms. The number of hydrogen-bond acceptors (Lipinski definition) is 4. The Hall–Kier alpha value is -2.61. The highest BCUT2D eigenvalue weighted by Crippen LogP contribution is 2.42. The summed E-state index contributed by atoms with van der Waals surface area (Å²) in [7, 11) is -2.16. The molecule has 0 N–H and O–H groups in total. The van der Waals surface area contributed by atoms with Gasteiger partial charge in [0.2, 0.25) is 9.84 Å². The summed E-state index contributed by atoms with van der Waals surface area (Å²) in [5.41, 5.74) is 4.73. The Morgan fingerprint density at radius 3 is 1.60 bits per heavy atom. The van der Waals surface area contributed by atoms with Gasteiger partial charge in [-0.3, -0.25) is 0 Å². The number of halogens is 2. The average Bonchev–Trinajstić information content (AvgIpc) is 3.08. The van der Waals surface area contributed by atoms with Crippen LogP contribution in [-0.2, 0) is 15.3 Å². The summed E-state index contributed by atoms with van der Waals surface area (Å²) >= 11 is 7.72. The zero-order valence-electron chi connectivity index (χ0n) is 29.2. The molecule has 2 atom stereocenters. The fourth-order valence-corrected chi connectivity index (χ4v) is 9.53. The highest BCUT2D eigenvalue weighted by Gasteiger charge is 2.29. The van der Waals surface area contributed by atoms with Crippen molar-refractivity contribution in [2.75, 3.05) is 7.11 Å². The van der Waals surface area contributed by atoms with Crippen LogP contribution >= 0.6 is 31.9 Å². The Bertz CT molecular complexity index is 1730. The number of methoxy groups -OCH3 is 1. The summed E-state index contributed by atoms with van der Waals surface area (Å²) in [5, 5.41) is 0. The number of benzene rings is 4. The van der Waals surface area contributed by atoms with E-state index in [9.17, 15) is 8.42 Å². The zero-order valence-corrected chi connectivity index (χ0v) is 33.2. The van der Waals surface area contributed by atoms with Crippen LogP contribution < -0.4 is 9.47 Å². The molecule has 2 unspecified atom stereocenters. The minimum atomic E-state index is -3.83. The van der Waals surface area contributed by atoms with Gasteiger partial charge in [0.1, 0.15) is 17.2 Å². The van der Waals surface area contributed by atoms with Gasteiger partial charge in [-0.2, -0.15) is 0 Å². The van der Waals surface area contributed by atoms with Gasteiger partial charge in [0.05, 0.1) is 16.9 Å². The lowest BCUT2D eigenvalue weighted by Crippen LogP contribution is -2.18. The number of aryl methyl sites for hydroxylation is 1. The largest absolute Gasteiger partial charge is 0.497 e. The van der Waals surface area contributed by atoms with Gasteiger partial charge in [-0.25, -0.2) is 8.42 Å². The highest BCUT2D eigenvalue weighted by atomic mass is 79.9. The van der Waals surface area contributed by atoms with Crippen molar-refractivity contribution in [1.82, 2.24) is 0 Å². The number of hydrogen-bond donors (Lipinski definition) is 0. The summed E-state index contributed by atoms with van der Waals surface area (Å²) in [6.07, 6.45) is 8.17. The van der Waals surface area contributed by atoms with Crippen LogP contribution in [0.25, 0.3) is 0 Å². The van der Waals surface area contributed by atoms with Gasteiger partial charge in [0.15, 0.2) is 0 Å². The highest BCUT2D eigenvalue weighted by molar-refractivity contribution is 9.09. The smallest absolute Gasteiger partial charge is 0.207 e. The van der Waals surface area contributed by atoms with Gasteiger partial charge < -0.3 is 9.47 Å². The molecule has 0 aliphatic rings. The molecular formula is C41H50Br2O4S. The molecule has 4 aromatic carbocycles. The maximum atomic E-state index is 14.5. The molecule has 4 aromatic rings. The number of unbranched alkanes of at least 4 members (excludes halogenated alkanes) is 4. The molecule has 0 saturated heterocycles. The van der Waals surface area contributed by atoms with Crippen molar-refractivity contribution in [3.8, 4) is 17.2 Å². The van der Waals surface area contributed by atoms with Gasteiger partial charge in [-0.05, 0) is 90.6 Å². The Kier molecular flexibility index (Phi) is 13.8. The van der Waals surface area contributed by atoms with Gasteiger partial charge in [-0.15, -0.1) is 0 Å². The lowest BCUT2D eigenvalue weighted by Gasteiger charge is -2.26. The van der Waals surface area contributed by atoms with Crippen LogP contribution in [0.5, 0.6) is 17.2 Å². The molecule has 0 amide bonds. The lowest BCUT2D eigenvalue weighted by molar-refractivity contribution is 0.414. The van der Waals surface area contributed by atoms with E-state index in [-0.39, 0.29) is 15.1 Å². The van der Waals surface area contributed by atoms with Crippen molar-refractivity contribution in [2.45, 2.75) is 111 Å². The standard InChI is InChI=1S/C41H50Br2O4S/c1-7-9-11-13-37(42)35-27-29(3)15-25-39(35)48(44,45)40-26-24-34(28-36(40)38(43)14-12-10-8-2)47-33-22-18-31(19-23-33)41(4,5)30-16-20-32(46-6)21-17-30/h15-28,37-38H,7-14H2,1-6H3. The van der Waals surface area contributed by atoms with Crippen LogP contribution in [0.15, 0.2) is 94.7 Å². The Morgan fingerprint density at radius 2 is 1.10 bits per heavy atom. The van der Waals surface area contributed by atoms with Crippen molar-refractivity contribution in [3.63, 3.8) is 0 Å². The summed E-state index contributed by atoms with van der Waals surface area (Å²) in [5.74, 6) is 2.13. The number of alkyl halides is 2. The van der Waals surface area contributed by atoms with Crippen molar-refractivity contribution in [2.24, 2.45) is 0 Å². The predicted molar refractivity (Wildman–Crippen MR) is 206 cm³/mol. The maximum Gasteiger partial charge on any atom is 0.207 e. The zero-order chi connectivity index (χ0) is 34.9. The van der Waals surface area contributed by atoms with E-state index in [1.807, 2.05) is 49.4 Å². The lowest BCUT2D eigenvalue weighted by atomic mass is 9.78. The monoisotopic (exact) mass is 796 g/mol. The van der Waals surface area contributed by atoms with E-state index in [1.165, 1.54) is 5.56 Å². The Labute approximate surface area is 305 Å². The number of ether oxygens (including phenoxy) is 2. The molecule has 0 radical (unpaired) electrons. The van der Waals surface area contributed by atoms with E-state index in [4.69, 9.17) is 9.47 Å². The summed E-state index contributed by atoms with van der Waals surface area (Å²) in [6.45, 7) is 10.8. The van der Waals surface area contributed by atoms with Crippen LogP contribution in [0.2, 0.25) is 0 Å². The van der Waals surface area contributed by atoms with Crippen molar-refractivity contribution < 1.29 is 17.9 Å². The third-order valence-corrected chi connectivity index (χ3v) is 12.9. The molecular weight excluding hydrogens is 748 g/mol. The van der Waals surface area contributed by atoms with Crippen LogP contribution in [0.4, 0.5) is 0 Å². The van der Waals surface area contributed by atoms with Crippen molar-refractivity contribution >= 4 is 41.7 Å². The van der Waals surface area contributed by atoms with E-state index in [2.05, 4.69) is 83.8 Å². The molecule has 0 aliphatic heterocycles. The first-order valence-electron chi connectivity index (χ1n) is 17.1. The van der Waals surface area contributed by atoms with Crippen LogP contribution in [0.3, 0.4) is 0 Å². The fourth-order valence-electron chi connectivity index (χ4n) is 6.06. The van der Waals surface area contributed by atoms with Gasteiger partial charge in [0.25, 0.3) is 0 Å². The van der Waals surface area contributed by atoms with Crippen LogP contribution in [0.1, 0.15) is 117 Å². The molecule has 0 bridgehead atoms. The summed E-state index contributed by atoms with van der Waals surface area (Å²) in [6, 6.07) is 27.4. The van der Waals surface area contributed by atoms with Crippen LogP contribution in [0, 0.1) is 6.92 Å². The molecule has 0 heterocycles. The van der Waals surface area contributed by atoms with Gasteiger partial charge >= 0.3 is 0 Å². The van der Waals surface area contributed by atoms with E-state index in [0.717, 1.165) is 79.4 Å². The molecule has 0 fully saturated rings. The SMILES string of the molecule is CCCCCC(Br)c1cc(C)ccc1S(=O)(=O)c1ccc(Oc2ccc(C(C)(C)c3ccc(OC)cc3)cc2)cc1C(Br)CCCCC. The first-order chi connectivity index (χ1) is 22.9. The molecule has 0 aliphatic carbocycles. The van der Waals surface area contributed by atoms with Gasteiger partial charge in [0, 0.05) is 15.1 Å². The van der Waals surface area contributed by atoms with Crippen LogP contribution in [-0.4, -0.2) is 15.5 Å². The molecule has 48 heavy (non-hydrogen) atoms. The van der Waals surface area contributed by atoms with E-state index >= 15 is 0 Å². The molecule has 4 nitrogen and oxygen atoms in total. The minimum absolute atomic E-state index is 0.0400. The third-order valence-electron chi connectivity index (χ3n) is 9.15. The molecule has 258 valence electrons. The molecule has 4 rings (SSSR count). The average molecular weight is 799 g/mol. The van der Waals surface area contributed by atoms with E-state index in [0.29, 0.717) is 21.3 Å². The van der Waals surface area contributed by atoms with Gasteiger partial charge in [-0.1, -0.05) is 140 Å². The minimum Gasteiger partial charge on any atom is -0.497 e. The third kappa shape index (κ3) is 9.34.